The molecule has 0 aliphatic carbocycles. The molecule has 2 N–H and O–H groups in total. The first kappa shape index (κ1) is 22.6. The van der Waals surface area contributed by atoms with Crippen molar-refractivity contribution in [1.29, 1.82) is 0 Å². The molecule has 0 saturated carbocycles. The molecule has 5 heterocycles. The summed E-state index contributed by atoms with van der Waals surface area (Å²) in [7, 11) is 3.81. The van der Waals surface area contributed by atoms with Crippen LogP contribution in [0.25, 0.3) is 33.7 Å². The van der Waals surface area contributed by atoms with Gasteiger partial charge < -0.3 is 9.88 Å². The lowest BCUT2D eigenvalue weighted by atomic mass is 10.1. The van der Waals surface area contributed by atoms with Gasteiger partial charge in [0.15, 0.2) is 11.6 Å². The molecule has 0 aliphatic heterocycles. The smallest absolute Gasteiger partial charge is 0.161 e. The predicted octanol–water partition coefficient (Wildman–Crippen LogP) is 5.27. The maximum absolute atomic E-state index is 15.9. The summed E-state index contributed by atoms with van der Waals surface area (Å²) in [4.78, 5) is 25.1. The van der Waals surface area contributed by atoms with E-state index in [1.165, 1.54) is 11.1 Å². The Morgan fingerprint density at radius 3 is 2.71 bits per heavy atom. The number of thiophene rings is 1. The molecule has 10 heteroatoms. The number of halogens is 1. The number of fused-ring (bicyclic) bond motifs is 1. The monoisotopic (exact) mass is 486 g/mol. The standard InChI is InChI=1S/C25H23FN8S/c1-6-28-23(18-8-7-13(2)35-18)21-14(3)30-25(31-21)24-19-17(32-33-24)12-29-22(20(19)26)15-9-16(34(4)5)11-27-10-15/h6-12H,1H2,2-5H3,(H,30,31)(H,32,33). The number of H-pyrrole nitrogens is 2. The maximum atomic E-state index is 15.9. The highest BCUT2D eigenvalue weighted by Crippen LogP contribution is 2.33. The van der Waals surface area contributed by atoms with E-state index in [0.29, 0.717) is 39.4 Å². The molecule has 0 aromatic carbocycles. The van der Waals surface area contributed by atoms with Gasteiger partial charge in [-0.3, -0.25) is 20.1 Å². The molecular formula is C25H23FN8S. The van der Waals surface area contributed by atoms with Gasteiger partial charge in [-0.25, -0.2) is 9.37 Å². The number of imidazole rings is 1. The van der Waals surface area contributed by atoms with Crippen molar-refractivity contribution in [3.05, 3.63) is 76.5 Å². The fourth-order valence-corrected chi connectivity index (χ4v) is 4.71. The first-order valence-electron chi connectivity index (χ1n) is 10.9. The average molecular weight is 487 g/mol. The molecule has 0 amide bonds. The van der Waals surface area contributed by atoms with Crippen molar-refractivity contribution < 1.29 is 4.39 Å². The first-order chi connectivity index (χ1) is 16.9. The average Bonchev–Trinajstić information content (AvgIpc) is 3.56. The predicted molar refractivity (Wildman–Crippen MR) is 139 cm³/mol. The zero-order chi connectivity index (χ0) is 24.7. The third kappa shape index (κ3) is 4.01. The molecule has 0 bridgehead atoms. The Morgan fingerprint density at radius 1 is 1.17 bits per heavy atom. The Labute approximate surface area is 205 Å². The Balaban J connectivity index is 1.64. The van der Waals surface area contributed by atoms with Gasteiger partial charge >= 0.3 is 0 Å². The van der Waals surface area contributed by atoms with Gasteiger partial charge in [-0.15, -0.1) is 11.3 Å². The number of rotatable bonds is 6. The van der Waals surface area contributed by atoms with Gasteiger partial charge in [0.25, 0.3) is 0 Å². The SMILES string of the molecule is C=CN=C(c1ccc(C)s1)c1nc(-c2n[nH]c3cnc(-c4cncc(N(C)C)c4)c(F)c23)[nH]c1C. The highest BCUT2D eigenvalue weighted by atomic mass is 32.1. The normalized spacial score (nSPS) is 11.9. The number of anilines is 1. The largest absolute Gasteiger partial charge is 0.376 e. The minimum absolute atomic E-state index is 0.197. The minimum atomic E-state index is -0.492. The van der Waals surface area contributed by atoms with Crippen molar-refractivity contribution in [3.63, 3.8) is 0 Å². The van der Waals surface area contributed by atoms with Gasteiger partial charge in [0.1, 0.15) is 22.8 Å². The quantitative estimate of drug-likeness (QED) is 0.319. The lowest BCUT2D eigenvalue weighted by molar-refractivity contribution is 0.638. The molecule has 176 valence electrons. The summed E-state index contributed by atoms with van der Waals surface area (Å²) in [6, 6.07) is 5.89. The molecule has 0 aliphatic rings. The number of nitrogens with one attached hydrogen (secondary N) is 2. The van der Waals surface area contributed by atoms with Crippen LogP contribution in [0.15, 0.2) is 54.6 Å². The number of aliphatic imine (C=N–C) groups is 1. The van der Waals surface area contributed by atoms with Gasteiger partial charge in [-0.05, 0) is 32.0 Å². The van der Waals surface area contributed by atoms with Crippen LogP contribution < -0.4 is 4.90 Å². The summed E-state index contributed by atoms with van der Waals surface area (Å²) >= 11 is 1.62. The van der Waals surface area contributed by atoms with Gasteiger partial charge in [-0.1, -0.05) is 6.58 Å². The maximum Gasteiger partial charge on any atom is 0.161 e. The van der Waals surface area contributed by atoms with E-state index < -0.39 is 5.82 Å². The van der Waals surface area contributed by atoms with Crippen LogP contribution >= 0.6 is 11.3 Å². The summed E-state index contributed by atoms with van der Waals surface area (Å²) in [5, 5.41) is 7.54. The van der Waals surface area contributed by atoms with E-state index in [4.69, 9.17) is 4.98 Å². The summed E-state index contributed by atoms with van der Waals surface area (Å²) in [5.74, 6) is -0.0570. The van der Waals surface area contributed by atoms with E-state index in [1.807, 2.05) is 51.0 Å². The molecule has 0 saturated heterocycles. The van der Waals surface area contributed by atoms with Gasteiger partial charge in [0.05, 0.1) is 33.9 Å². The second kappa shape index (κ2) is 8.88. The van der Waals surface area contributed by atoms with Crippen molar-refractivity contribution in [3.8, 4) is 22.8 Å². The third-order valence-corrected chi connectivity index (χ3v) is 6.59. The van der Waals surface area contributed by atoms with Crippen LogP contribution in [0.1, 0.15) is 21.1 Å². The molecule has 0 atom stereocenters. The molecule has 0 radical (unpaired) electrons. The van der Waals surface area contributed by atoms with Crippen LogP contribution in [-0.2, 0) is 0 Å². The second-order valence-electron chi connectivity index (χ2n) is 8.24. The summed E-state index contributed by atoms with van der Waals surface area (Å²) in [6.45, 7) is 7.69. The van der Waals surface area contributed by atoms with Crippen LogP contribution in [0.3, 0.4) is 0 Å². The third-order valence-electron chi connectivity index (χ3n) is 5.59. The molecule has 8 nitrogen and oxygen atoms in total. The fraction of sp³-hybridized carbons (Fsp3) is 0.160. The van der Waals surface area contributed by atoms with E-state index >= 15 is 4.39 Å². The Bertz CT molecular complexity index is 1590. The Hall–Kier alpha value is -4.18. The van der Waals surface area contributed by atoms with Crippen molar-refractivity contribution in [2.45, 2.75) is 13.8 Å². The Kier molecular flexibility index (Phi) is 5.73. The fourth-order valence-electron chi connectivity index (χ4n) is 3.85. The number of aromatic nitrogens is 6. The number of hydrogen-bond donors (Lipinski definition) is 2. The van der Waals surface area contributed by atoms with Crippen molar-refractivity contribution in [2.75, 3.05) is 19.0 Å². The molecule has 5 aromatic heterocycles. The lowest BCUT2D eigenvalue weighted by Crippen LogP contribution is -2.09. The van der Waals surface area contributed by atoms with Gasteiger partial charge in [0.2, 0.25) is 0 Å². The number of pyridine rings is 2. The van der Waals surface area contributed by atoms with Crippen LogP contribution in [0.4, 0.5) is 10.1 Å². The molecule has 5 rings (SSSR count). The topological polar surface area (TPSA) is 98.7 Å². The zero-order valence-corrected chi connectivity index (χ0v) is 20.5. The van der Waals surface area contributed by atoms with Crippen LogP contribution in [0.2, 0.25) is 0 Å². The number of nitrogens with zero attached hydrogens (tertiary/aromatic N) is 6. The van der Waals surface area contributed by atoms with Crippen molar-refractivity contribution in [2.24, 2.45) is 4.99 Å². The molecule has 0 fully saturated rings. The van der Waals surface area contributed by atoms with E-state index in [1.54, 1.807) is 29.9 Å². The zero-order valence-electron chi connectivity index (χ0n) is 19.7. The molecular weight excluding hydrogens is 463 g/mol. The highest BCUT2D eigenvalue weighted by Gasteiger charge is 2.23. The van der Waals surface area contributed by atoms with Gasteiger partial charge in [0, 0.05) is 42.6 Å². The first-order valence-corrected chi connectivity index (χ1v) is 11.7. The molecule has 5 aromatic rings. The number of hydrogen-bond acceptors (Lipinski definition) is 7. The summed E-state index contributed by atoms with van der Waals surface area (Å²) in [5.41, 5.74) is 4.62. The summed E-state index contributed by atoms with van der Waals surface area (Å²) in [6.07, 6.45) is 6.38. The molecule has 35 heavy (non-hydrogen) atoms. The van der Waals surface area contributed by atoms with E-state index in [0.717, 1.165) is 16.3 Å². The van der Waals surface area contributed by atoms with E-state index in [2.05, 4.69) is 36.7 Å². The van der Waals surface area contributed by atoms with Crippen LogP contribution in [0, 0.1) is 19.7 Å². The van der Waals surface area contributed by atoms with Crippen molar-refractivity contribution >= 4 is 33.6 Å². The van der Waals surface area contributed by atoms with Crippen LogP contribution in [0.5, 0.6) is 0 Å². The molecule has 0 spiro atoms. The number of aromatic amines is 2. The van der Waals surface area contributed by atoms with E-state index in [-0.39, 0.29) is 5.69 Å². The lowest BCUT2D eigenvalue weighted by Gasteiger charge is -2.13. The minimum Gasteiger partial charge on any atom is -0.376 e. The van der Waals surface area contributed by atoms with Gasteiger partial charge in [-0.2, -0.15) is 5.10 Å². The molecule has 0 unspecified atom stereocenters. The van der Waals surface area contributed by atoms with Crippen LogP contribution in [-0.4, -0.2) is 49.9 Å². The Morgan fingerprint density at radius 2 is 2.00 bits per heavy atom. The second-order valence-corrected chi connectivity index (χ2v) is 9.53. The highest BCUT2D eigenvalue weighted by molar-refractivity contribution is 7.14. The number of aryl methyl sites for hydroxylation is 2. The van der Waals surface area contributed by atoms with Crippen molar-refractivity contribution in [1.82, 2.24) is 30.1 Å². The summed E-state index contributed by atoms with van der Waals surface area (Å²) < 4.78 is 15.9. The van der Waals surface area contributed by atoms with E-state index in [9.17, 15) is 0 Å².